The van der Waals surface area contributed by atoms with Gasteiger partial charge in [0.05, 0.1) is 21.3 Å². The highest BCUT2D eigenvalue weighted by Crippen LogP contribution is 2.43. The van der Waals surface area contributed by atoms with Crippen molar-refractivity contribution < 1.29 is 28.5 Å². The van der Waals surface area contributed by atoms with Gasteiger partial charge in [-0.15, -0.1) is 0 Å². The molecule has 0 saturated heterocycles. The molecule has 0 N–H and O–H groups in total. The molecular weight excluding hydrogens is 336 g/mol. The lowest BCUT2D eigenvalue weighted by atomic mass is 9.93. The number of benzene rings is 2. The molecule has 0 amide bonds. The number of hydrogen-bond acceptors (Lipinski definition) is 6. The van der Waals surface area contributed by atoms with E-state index in [1.165, 1.54) is 6.92 Å². The summed E-state index contributed by atoms with van der Waals surface area (Å²) in [5.74, 6) is 2.33. The molecule has 0 spiro atoms. The molecule has 26 heavy (non-hydrogen) atoms. The number of rotatable bonds is 5. The summed E-state index contributed by atoms with van der Waals surface area (Å²) in [6, 6.07) is 11.1. The molecule has 0 saturated carbocycles. The molecule has 0 radical (unpaired) electrons. The predicted octanol–water partition coefficient (Wildman–Crippen LogP) is 3.32. The van der Waals surface area contributed by atoms with Gasteiger partial charge in [-0.3, -0.25) is 4.79 Å². The van der Waals surface area contributed by atoms with Crippen molar-refractivity contribution in [3.63, 3.8) is 0 Å². The largest absolute Gasteiger partial charge is 0.497 e. The van der Waals surface area contributed by atoms with Gasteiger partial charge in [-0.25, -0.2) is 0 Å². The van der Waals surface area contributed by atoms with E-state index in [9.17, 15) is 4.79 Å². The molecule has 2 atom stereocenters. The summed E-state index contributed by atoms with van der Waals surface area (Å²) in [7, 11) is 4.79. The van der Waals surface area contributed by atoms with E-state index in [-0.39, 0.29) is 5.97 Å². The van der Waals surface area contributed by atoms with Crippen molar-refractivity contribution in [3.8, 4) is 23.0 Å². The Morgan fingerprint density at radius 3 is 2.27 bits per heavy atom. The molecule has 0 aromatic heterocycles. The van der Waals surface area contributed by atoms with Crippen molar-refractivity contribution in [2.45, 2.75) is 25.6 Å². The first-order valence-corrected chi connectivity index (χ1v) is 8.28. The average Bonchev–Trinajstić information content (AvgIpc) is 2.66. The second-order valence-electron chi connectivity index (χ2n) is 5.97. The molecule has 0 bridgehead atoms. The quantitative estimate of drug-likeness (QED) is 0.764. The third kappa shape index (κ3) is 3.54. The summed E-state index contributed by atoms with van der Waals surface area (Å²) < 4.78 is 27.7. The second-order valence-corrected chi connectivity index (χ2v) is 5.97. The van der Waals surface area contributed by atoms with Crippen LogP contribution in [0.2, 0.25) is 0 Å². The molecule has 1 aliphatic rings. The Morgan fingerprint density at radius 1 is 1.00 bits per heavy atom. The molecule has 0 unspecified atom stereocenters. The minimum atomic E-state index is -0.462. The Kier molecular flexibility index (Phi) is 5.21. The Labute approximate surface area is 152 Å². The fourth-order valence-corrected chi connectivity index (χ4v) is 3.12. The third-order valence-corrected chi connectivity index (χ3v) is 4.36. The molecule has 2 aromatic rings. The van der Waals surface area contributed by atoms with E-state index in [1.807, 2.05) is 30.3 Å². The van der Waals surface area contributed by atoms with Gasteiger partial charge in [-0.2, -0.15) is 0 Å². The van der Waals surface area contributed by atoms with Gasteiger partial charge in [0.1, 0.15) is 29.1 Å². The molecular formula is C20H22O6. The number of ether oxygens (including phenoxy) is 5. The lowest BCUT2D eigenvalue weighted by Crippen LogP contribution is -2.34. The molecule has 1 aliphatic heterocycles. The van der Waals surface area contributed by atoms with Crippen LogP contribution in [-0.2, 0) is 16.0 Å². The van der Waals surface area contributed by atoms with Crippen molar-refractivity contribution in [2.75, 3.05) is 21.3 Å². The lowest BCUT2D eigenvalue weighted by molar-refractivity contribution is -0.152. The van der Waals surface area contributed by atoms with E-state index in [0.717, 1.165) is 16.9 Å². The minimum absolute atomic E-state index is 0.354. The Morgan fingerprint density at radius 2 is 1.69 bits per heavy atom. The molecule has 1 heterocycles. The molecule has 0 aliphatic carbocycles. The summed E-state index contributed by atoms with van der Waals surface area (Å²) in [5, 5.41) is 0. The normalized spacial score (nSPS) is 18.3. The highest BCUT2D eigenvalue weighted by atomic mass is 16.6. The van der Waals surface area contributed by atoms with Crippen LogP contribution in [0.25, 0.3) is 0 Å². The first kappa shape index (κ1) is 17.9. The number of carbonyl (C=O) groups is 1. The van der Waals surface area contributed by atoms with Crippen LogP contribution >= 0.6 is 0 Å². The first-order valence-electron chi connectivity index (χ1n) is 8.28. The SMILES string of the molecule is COc1ccc([C@@H]2Oc3cc(OC)cc(OC)c3C[C@H]2OC(C)=O)cc1. The fourth-order valence-electron chi connectivity index (χ4n) is 3.12. The van der Waals surface area contributed by atoms with Gasteiger partial charge < -0.3 is 23.7 Å². The summed E-state index contributed by atoms with van der Waals surface area (Å²) in [4.78, 5) is 11.6. The van der Waals surface area contributed by atoms with Crippen molar-refractivity contribution in [1.82, 2.24) is 0 Å². The van der Waals surface area contributed by atoms with Crippen molar-refractivity contribution in [1.29, 1.82) is 0 Å². The Balaban J connectivity index is 2.01. The highest BCUT2D eigenvalue weighted by molar-refractivity contribution is 5.66. The number of methoxy groups -OCH3 is 3. The van der Waals surface area contributed by atoms with E-state index >= 15 is 0 Å². The molecule has 6 heteroatoms. The van der Waals surface area contributed by atoms with E-state index in [0.29, 0.717) is 23.7 Å². The van der Waals surface area contributed by atoms with Crippen LogP contribution in [0.3, 0.4) is 0 Å². The standard InChI is InChI=1S/C20H22O6/c1-12(21)25-19-11-16-17(24-4)9-15(23-3)10-18(16)26-20(19)13-5-7-14(22-2)8-6-13/h5-10,19-20H,11H2,1-4H3/t19-,20+/m1/s1. The van der Waals surface area contributed by atoms with E-state index < -0.39 is 12.2 Å². The van der Waals surface area contributed by atoms with Crippen LogP contribution in [0.4, 0.5) is 0 Å². The zero-order valence-electron chi connectivity index (χ0n) is 15.3. The third-order valence-electron chi connectivity index (χ3n) is 4.36. The van der Waals surface area contributed by atoms with Gasteiger partial charge in [0.25, 0.3) is 0 Å². The molecule has 138 valence electrons. The highest BCUT2D eigenvalue weighted by Gasteiger charge is 2.35. The summed E-state index contributed by atoms with van der Waals surface area (Å²) >= 11 is 0. The van der Waals surface area contributed by atoms with Gasteiger partial charge in [-0.1, -0.05) is 12.1 Å². The van der Waals surface area contributed by atoms with Gasteiger partial charge in [0, 0.05) is 31.0 Å². The van der Waals surface area contributed by atoms with Crippen LogP contribution < -0.4 is 18.9 Å². The Hall–Kier alpha value is -2.89. The topological polar surface area (TPSA) is 63.2 Å². The smallest absolute Gasteiger partial charge is 0.303 e. The summed E-state index contributed by atoms with van der Waals surface area (Å²) in [6.45, 7) is 1.39. The predicted molar refractivity (Wildman–Crippen MR) is 95.2 cm³/mol. The van der Waals surface area contributed by atoms with E-state index in [2.05, 4.69) is 0 Å². The Bertz CT molecular complexity index is 784. The maximum atomic E-state index is 11.6. The number of esters is 1. The van der Waals surface area contributed by atoms with Crippen LogP contribution in [-0.4, -0.2) is 33.4 Å². The fraction of sp³-hybridized carbons (Fsp3) is 0.350. The van der Waals surface area contributed by atoms with Crippen LogP contribution in [0, 0.1) is 0 Å². The monoisotopic (exact) mass is 358 g/mol. The molecule has 0 fully saturated rings. The number of carbonyl (C=O) groups excluding carboxylic acids is 1. The van der Waals surface area contributed by atoms with E-state index in [1.54, 1.807) is 27.4 Å². The average molecular weight is 358 g/mol. The van der Waals surface area contributed by atoms with Crippen LogP contribution in [0.5, 0.6) is 23.0 Å². The molecule has 3 rings (SSSR count). The van der Waals surface area contributed by atoms with E-state index in [4.69, 9.17) is 23.7 Å². The van der Waals surface area contributed by atoms with Crippen molar-refractivity contribution >= 4 is 5.97 Å². The minimum Gasteiger partial charge on any atom is -0.497 e. The summed E-state index contributed by atoms with van der Waals surface area (Å²) in [5.41, 5.74) is 1.74. The zero-order valence-corrected chi connectivity index (χ0v) is 15.3. The maximum absolute atomic E-state index is 11.6. The maximum Gasteiger partial charge on any atom is 0.303 e. The number of hydrogen-bond donors (Lipinski definition) is 0. The summed E-state index contributed by atoms with van der Waals surface area (Å²) in [6.07, 6.45) is -0.413. The van der Waals surface area contributed by atoms with Crippen LogP contribution in [0.15, 0.2) is 36.4 Å². The first-order chi connectivity index (χ1) is 12.5. The van der Waals surface area contributed by atoms with Crippen molar-refractivity contribution in [3.05, 3.63) is 47.5 Å². The van der Waals surface area contributed by atoms with Gasteiger partial charge in [-0.05, 0) is 17.7 Å². The molecule has 6 nitrogen and oxygen atoms in total. The van der Waals surface area contributed by atoms with Crippen molar-refractivity contribution in [2.24, 2.45) is 0 Å². The second kappa shape index (κ2) is 7.56. The van der Waals surface area contributed by atoms with Crippen LogP contribution in [0.1, 0.15) is 24.2 Å². The molecule has 2 aromatic carbocycles. The number of fused-ring (bicyclic) bond motifs is 1. The van der Waals surface area contributed by atoms with Gasteiger partial charge in [0.2, 0.25) is 0 Å². The lowest BCUT2D eigenvalue weighted by Gasteiger charge is -2.34. The van der Waals surface area contributed by atoms with Gasteiger partial charge >= 0.3 is 5.97 Å². The van der Waals surface area contributed by atoms with Gasteiger partial charge in [0.15, 0.2) is 6.10 Å². The zero-order chi connectivity index (χ0) is 18.7.